The Hall–Kier alpha value is -2.52. The van der Waals surface area contributed by atoms with Gasteiger partial charge in [-0.15, -0.1) is 0 Å². The minimum Gasteiger partial charge on any atom is -0.480 e. The summed E-state index contributed by atoms with van der Waals surface area (Å²) in [6.07, 6.45) is 2.60. The molecule has 0 bridgehead atoms. The van der Waals surface area contributed by atoms with Crippen molar-refractivity contribution >= 4 is 57.1 Å². The molecule has 0 aliphatic carbocycles. The van der Waals surface area contributed by atoms with Gasteiger partial charge in [-0.3, -0.25) is 28.9 Å². The summed E-state index contributed by atoms with van der Waals surface area (Å²) < 4.78 is 0. The van der Waals surface area contributed by atoms with Crippen LogP contribution in [-0.4, -0.2) is 119 Å². The van der Waals surface area contributed by atoms with E-state index in [1.165, 1.54) is 26.5 Å². The lowest BCUT2D eigenvalue weighted by molar-refractivity contribution is -0.148. The third-order valence-electron chi connectivity index (χ3n) is 6.36. The number of carbonyl (C=O) groups is 6. The number of carbonyl (C=O) groups excluding carboxylic acids is 5. The fraction of sp³-hybridized carbons (Fsp3) is 0.714. The number of likely N-dealkylation sites (tertiary alicyclic amines) is 2. The quantitative estimate of drug-likeness (QED) is 0.210. The number of hydrogen-bond acceptors (Lipinski definition) is 9. The molecule has 200 valence electrons. The molecule has 4 atom stereocenters. The van der Waals surface area contributed by atoms with Gasteiger partial charge in [0.15, 0.2) is 0 Å². The number of carboxylic acids is 1. The summed E-state index contributed by atoms with van der Waals surface area (Å²) in [7, 11) is 4.52. The van der Waals surface area contributed by atoms with Gasteiger partial charge in [-0.05, 0) is 39.3 Å². The predicted molar refractivity (Wildman–Crippen MR) is 133 cm³/mol. The standard InChI is InChI=1S/C21H32N6O7S2/c1-26-6-2-4-14(26)20(32)22-8-16(28)24-13-11-36-35-10-12(25-19(13)31)18(30)23-9-17(29)27-7-3-5-15(27)21(33)34/h12-15H,2-11H2,1H3,(H,22,32)(H,23,30)(H,24,28)(H,25,31)(H,33,34)/t12-,13-,14-,15-/m0/s1. The summed E-state index contributed by atoms with van der Waals surface area (Å²) in [6, 6.07) is -3.00. The molecule has 0 saturated carbocycles. The lowest BCUT2D eigenvalue weighted by Crippen LogP contribution is -2.58. The maximum Gasteiger partial charge on any atom is 0.326 e. The molecule has 0 spiro atoms. The van der Waals surface area contributed by atoms with Crippen molar-refractivity contribution in [2.24, 2.45) is 0 Å². The molecule has 0 aromatic rings. The molecule has 15 heteroatoms. The van der Waals surface area contributed by atoms with E-state index in [2.05, 4.69) is 21.3 Å². The predicted octanol–water partition coefficient (Wildman–Crippen LogP) is -2.25. The molecule has 3 rings (SSSR count). The lowest BCUT2D eigenvalue weighted by atomic mass is 10.2. The van der Waals surface area contributed by atoms with Crippen molar-refractivity contribution in [3.8, 4) is 0 Å². The van der Waals surface area contributed by atoms with E-state index in [9.17, 15) is 33.9 Å². The molecule has 3 fully saturated rings. The number of nitrogens with one attached hydrogen (secondary N) is 4. The molecular weight excluding hydrogens is 512 g/mol. The molecule has 3 heterocycles. The molecule has 13 nitrogen and oxygen atoms in total. The van der Waals surface area contributed by atoms with Crippen molar-refractivity contribution in [1.82, 2.24) is 31.1 Å². The van der Waals surface area contributed by atoms with Crippen LogP contribution in [-0.2, 0) is 28.8 Å². The van der Waals surface area contributed by atoms with Crippen LogP contribution in [0.15, 0.2) is 0 Å². The molecule has 5 amide bonds. The van der Waals surface area contributed by atoms with E-state index in [1.807, 2.05) is 11.9 Å². The van der Waals surface area contributed by atoms with Crippen LogP contribution < -0.4 is 21.3 Å². The third kappa shape index (κ3) is 7.49. The highest BCUT2D eigenvalue weighted by Crippen LogP contribution is 2.25. The minimum absolute atomic E-state index is 0.230. The van der Waals surface area contributed by atoms with Crippen LogP contribution in [0.2, 0.25) is 0 Å². The van der Waals surface area contributed by atoms with Gasteiger partial charge in [0, 0.05) is 18.1 Å². The maximum absolute atomic E-state index is 12.7. The van der Waals surface area contributed by atoms with Gasteiger partial charge in [0.25, 0.3) is 0 Å². The Morgan fingerprint density at radius 3 is 2.33 bits per heavy atom. The highest BCUT2D eigenvalue weighted by atomic mass is 33.1. The highest BCUT2D eigenvalue weighted by molar-refractivity contribution is 8.76. The van der Waals surface area contributed by atoms with Gasteiger partial charge in [0.05, 0.1) is 19.1 Å². The molecule has 0 aromatic heterocycles. The summed E-state index contributed by atoms with van der Waals surface area (Å²) in [4.78, 5) is 76.8. The van der Waals surface area contributed by atoms with Gasteiger partial charge in [-0.2, -0.15) is 0 Å². The van der Waals surface area contributed by atoms with E-state index < -0.39 is 47.7 Å². The van der Waals surface area contributed by atoms with E-state index in [4.69, 9.17) is 0 Å². The molecule has 0 unspecified atom stereocenters. The number of carboxylic acid groups (broad SMARTS) is 1. The average molecular weight is 545 g/mol. The number of aliphatic carboxylic acids is 1. The SMILES string of the molecule is CN1CCC[C@H]1C(=O)NCC(=O)N[C@H]1CSSC[C@@H](C(=O)NCC(=O)N2CCC[C@H]2C(=O)O)NC1=O. The summed E-state index contributed by atoms with van der Waals surface area (Å²) in [6.45, 7) is 0.510. The molecular formula is C21H32N6O7S2. The summed E-state index contributed by atoms with van der Waals surface area (Å²) >= 11 is 0. The first-order valence-corrected chi connectivity index (χ1v) is 14.3. The minimum atomic E-state index is -1.08. The van der Waals surface area contributed by atoms with Gasteiger partial charge in [0.1, 0.15) is 18.1 Å². The monoisotopic (exact) mass is 544 g/mol. The average Bonchev–Trinajstić information content (AvgIpc) is 3.50. The van der Waals surface area contributed by atoms with Crippen LogP contribution >= 0.6 is 21.6 Å². The van der Waals surface area contributed by atoms with Crippen LogP contribution in [0, 0.1) is 0 Å². The number of nitrogens with zero attached hydrogens (tertiary/aromatic N) is 2. The van der Waals surface area contributed by atoms with Crippen molar-refractivity contribution in [3.05, 3.63) is 0 Å². The van der Waals surface area contributed by atoms with E-state index in [-0.39, 0.29) is 36.5 Å². The second-order valence-electron chi connectivity index (χ2n) is 8.91. The Morgan fingerprint density at radius 2 is 1.64 bits per heavy atom. The lowest BCUT2D eigenvalue weighted by Gasteiger charge is -2.26. The summed E-state index contributed by atoms with van der Waals surface area (Å²) in [5.74, 6) is -2.91. The van der Waals surface area contributed by atoms with Crippen LogP contribution in [0.3, 0.4) is 0 Å². The van der Waals surface area contributed by atoms with Gasteiger partial charge < -0.3 is 31.3 Å². The second kappa shape index (κ2) is 13.1. The Morgan fingerprint density at radius 1 is 0.972 bits per heavy atom. The first-order chi connectivity index (χ1) is 17.2. The van der Waals surface area contributed by atoms with Crippen molar-refractivity contribution in [3.63, 3.8) is 0 Å². The summed E-state index contributed by atoms with van der Waals surface area (Å²) in [5.41, 5.74) is 0. The number of hydrogen-bond donors (Lipinski definition) is 5. The van der Waals surface area contributed by atoms with Crippen molar-refractivity contribution in [1.29, 1.82) is 0 Å². The Balaban J connectivity index is 1.45. The zero-order valence-electron chi connectivity index (χ0n) is 20.0. The molecule has 0 aromatic carbocycles. The fourth-order valence-corrected chi connectivity index (χ4v) is 6.68. The van der Waals surface area contributed by atoms with Crippen LogP contribution in [0.5, 0.6) is 0 Å². The normalized spacial score (nSPS) is 26.9. The fourth-order valence-electron chi connectivity index (χ4n) is 4.35. The maximum atomic E-state index is 12.7. The Labute approximate surface area is 216 Å². The zero-order chi connectivity index (χ0) is 26.2. The Bertz CT molecular complexity index is 891. The third-order valence-corrected chi connectivity index (χ3v) is 8.78. The number of amides is 5. The smallest absolute Gasteiger partial charge is 0.326 e. The van der Waals surface area contributed by atoms with Crippen molar-refractivity contribution in [2.45, 2.75) is 49.9 Å². The van der Waals surface area contributed by atoms with Gasteiger partial charge >= 0.3 is 5.97 Å². The second-order valence-corrected chi connectivity index (χ2v) is 11.5. The number of likely N-dealkylation sites (N-methyl/N-ethyl adjacent to an activating group) is 1. The Kier molecular flexibility index (Phi) is 10.2. The van der Waals surface area contributed by atoms with E-state index in [0.29, 0.717) is 19.4 Å². The van der Waals surface area contributed by atoms with Gasteiger partial charge in [-0.25, -0.2) is 4.79 Å². The molecule has 3 aliphatic rings. The van der Waals surface area contributed by atoms with Gasteiger partial charge in [-0.1, -0.05) is 21.6 Å². The highest BCUT2D eigenvalue weighted by Gasteiger charge is 2.35. The molecule has 3 saturated heterocycles. The first-order valence-electron chi connectivity index (χ1n) is 11.8. The van der Waals surface area contributed by atoms with Crippen molar-refractivity contribution < 1.29 is 33.9 Å². The zero-order valence-corrected chi connectivity index (χ0v) is 21.6. The van der Waals surface area contributed by atoms with Crippen LogP contribution in [0.1, 0.15) is 25.7 Å². The van der Waals surface area contributed by atoms with Gasteiger partial charge in [0.2, 0.25) is 29.5 Å². The topological polar surface area (TPSA) is 177 Å². The molecule has 3 aliphatic heterocycles. The molecule has 0 radical (unpaired) electrons. The van der Waals surface area contributed by atoms with Crippen LogP contribution in [0.25, 0.3) is 0 Å². The summed E-state index contributed by atoms with van der Waals surface area (Å²) in [5, 5.41) is 19.5. The molecule has 36 heavy (non-hydrogen) atoms. The molecule has 5 N–H and O–H groups in total. The van der Waals surface area contributed by atoms with Crippen LogP contribution in [0.4, 0.5) is 0 Å². The largest absolute Gasteiger partial charge is 0.480 e. The van der Waals surface area contributed by atoms with E-state index in [0.717, 1.165) is 19.4 Å². The number of rotatable bonds is 8. The first kappa shape index (κ1) is 28.1. The van der Waals surface area contributed by atoms with E-state index >= 15 is 0 Å². The van der Waals surface area contributed by atoms with Crippen molar-refractivity contribution in [2.75, 3.05) is 44.7 Å². The van der Waals surface area contributed by atoms with E-state index in [1.54, 1.807) is 0 Å².